The molecule has 1 heterocycles. The Morgan fingerprint density at radius 1 is 1.31 bits per heavy atom. The molecule has 0 bridgehead atoms. The number of carbonyl (C=O) groups excluding carboxylic acids is 1. The molecule has 1 unspecified atom stereocenters. The van der Waals surface area contributed by atoms with Gasteiger partial charge in [0.25, 0.3) is 0 Å². The average Bonchev–Trinajstić information content (AvgIpc) is 2.30. The second-order valence-electron chi connectivity index (χ2n) is 4.66. The first-order valence-electron chi connectivity index (χ1n) is 6.07. The number of carbonyl (C=O) groups is 1. The Labute approximate surface area is 97.1 Å². The van der Waals surface area contributed by atoms with Gasteiger partial charge in [0.2, 0.25) is 5.91 Å². The summed E-state index contributed by atoms with van der Waals surface area (Å²) in [5.41, 5.74) is 1.34. The molecule has 86 valence electrons. The van der Waals surface area contributed by atoms with Crippen LogP contribution >= 0.6 is 0 Å². The lowest BCUT2D eigenvalue weighted by Crippen LogP contribution is -2.46. The van der Waals surface area contributed by atoms with Crippen molar-refractivity contribution in [3.8, 4) is 0 Å². The van der Waals surface area contributed by atoms with E-state index in [0.717, 1.165) is 12.8 Å². The van der Waals surface area contributed by atoms with Crippen LogP contribution in [0.4, 0.5) is 0 Å². The summed E-state index contributed by atoms with van der Waals surface area (Å²) in [6.07, 6.45) is 1.91. The third-order valence-electron chi connectivity index (χ3n) is 3.60. The molecule has 1 aromatic rings. The van der Waals surface area contributed by atoms with Crippen molar-refractivity contribution < 1.29 is 4.79 Å². The summed E-state index contributed by atoms with van der Waals surface area (Å²) < 4.78 is 0. The molecule has 1 fully saturated rings. The van der Waals surface area contributed by atoms with Crippen LogP contribution in [0.2, 0.25) is 0 Å². The monoisotopic (exact) mass is 217 g/mol. The lowest BCUT2D eigenvalue weighted by Gasteiger charge is -2.34. The standard InChI is InChI=1S/C14H19NO/c1-3-11-9-13(10(2)15-14(11)16)12-7-5-4-6-8-12/h4-8,10-11,13H,3,9H2,1-2H3,(H,15,16)/t10-,11?,13-/m1/s1. The van der Waals surface area contributed by atoms with E-state index in [1.165, 1.54) is 5.56 Å². The van der Waals surface area contributed by atoms with E-state index in [4.69, 9.17) is 0 Å². The van der Waals surface area contributed by atoms with Crippen molar-refractivity contribution in [1.29, 1.82) is 0 Å². The molecule has 1 aliphatic heterocycles. The molecule has 1 saturated heterocycles. The number of amides is 1. The van der Waals surface area contributed by atoms with E-state index in [2.05, 4.69) is 43.4 Å². The zero-order valence-corrected chi connectivity index (χ0v) is 9.94. The topological polar surface area (TPSA) is 29.1 Å². The Bertz CT molecular complexity index is 360. The van der Waals surface area contributed by atoms with Crippen molar-refractivity contribution in [3.63, 3.8) is 0 Å². The van der Waals surface area contributed by atoms with Gasteiger partial charge in [-0.15, -0.1) is 0 Å². The molecule has 1 aliphatic rings. The molecule has 1 N–H and O–H groups in total. The Kier molecular flexibility index (Phi) is 3.28. The van der Waals surface area contributed by atoms with Crippen molar-refractivity contribution in [2.24, 2.45) is 5.92 Å². The van der Waals surface area contributed by atoms with Crippen LogP contribution < -0.4 is 5.32 Å². The van der Waals surface area contributed by atoms with Crippen LogP contribution in [0, 0.1) is 5.92 Å². The zero-order chi connectivity index (χ0) is 11.5. The van der Waals surface area contributed by atoms with Gasteiger partial charge in [-0.25, -0.2) is 0 Å². The highest BCUT2D eigenvalue weighted by molar-refractivity contribution is 5.80. The van der Waals surface area contributed by atoms with Crippen LogP contribution in [0.3, 0.4) is 0 Å². The summed E-state index contributed by atoms with van der Waals surface area (Å²) >= 11 is 0. The van der Waals surface area contributed by atoms with E-state index < -0.39 is 0 Å². The highest BCUT2D eigenvalue weighted by atomic mass is 16.2. The molecule has 16 heavy (non-hydrogen) atoms. The molecule has 0 spiro atoms. The van der Waals surface area contributed by atoms with E-state index in [9.17, 15) is 4.79 Å². The summed E-state index contributed by atoms with van der Waals surface area (Å²) in [5.74, 6) is 0.868. The maximum atomic E-state index is 11.7. The Balaban J connectivity index is 2.18. The fourth-order valence-corrected chi connectivity index (χ4v) is 2.54. The Morgan fingerprint density at radius 3 is 2.62 bits per heavy atom. The molecule has 2 rings (SSSR count). The van der Waals surface area contributed by atoms with Gasteiger partial charge in [-0.2, -0.15) is 0 Å². The highest BCUT2D eigenvalue weighted by Gasteiger charge is 2.32. The molecule has 2 nitrogen and oxygen atoms in total. The van der Waals surface area contributed by atoms with Gasteiger partial charge in [0, 0.05) is 17.9 Å². The third kappa shape index (κ3) is 2.11. The number of piperidine rings is 1. The van der Waals surface area contributed by atoms with Crippen molar-refractivity contribution in [2.75, 3.05) is 0 Å². The second kappa shape index (κ2) is 4.69. The first-order chi connectivity index (χ1) is 7.72. The van der Waals surface area contributed by atoms with Crippen molar-refractivity contribution in [2.45, 2.75) is 38.6 Å². The summed E-state index contributed by atoms with van der Waals surface area (Å²) in [5, 5.41) is 3.09. The van der Waals surface area contributed by atoms with Crippen LogP contribution in [0.25, 0.3) is 0 Å². The van der Waals surface area contributed by atoms with Crippen molar-refractivity contribution in [1.82, 2.24) is 5.32 Å². The summed E-state index contributed by atoms with van der Waals surface area (Å²) in [4.78, 5) is 11.7. The van der Waals surface area contributed by atoms with Gasteiger partial charge in [-0.05, 0) is 25.3 Å². The smallest absolute Gasteiger partial charge is 0.223 e. The molecular weight excluding hydrogens is 198 g/mol. The van der Waals surface area contributed by atoms with Gasteiger partial charge in [0.15, 0.2) is 0 Å². The first-order valence-corrected chi connectivity index (χ1v) is 6.07. The Hall–Kier alpha value is -1.31. The molecule has 2 heteroatoms. The molecule has 0 saturated carbocycles. The third-order valence-corrected chi connectivity index (χ3v) is 3.60. The summed E-state index contributed by atoms with van der Waals surface area (Å²) in [6, 6.07) is 10.7. The molecule has 0 radical (unpaired) electrons. The molecule has 1 aromatic carbocycles. The van der Waals surface area contributed by atoms with E-state index >= 15 is 0 Å². The van der Waals surface area contributed by atoms with Crippen molar-refractivity contribution in [3.05, 3.63) is 35.9 Å². The predicted molar refractivity (Wildman–Crippen MR) is 65.2 cm³/mol. The van der Waals surface area contributed by atoms with Gasteiger partial charge in [-0.3, -0.25) is 4.79 Å². The number of nitrogens with one attached hydrogen (secondary N) is 1. The van der Waals surface area contributed by atoms with Gasteiger partial charge in [0.05, 0.1) is 0 Å². The number of hydrogen-bond acceptors (Lipinski definition) is 1. The lowest BCUT2D eigenvalue weighted by molar-refractivity contribution is -0.128. The zero-order valence-electron chi connectivity index (χ0n) is 9.94. The van der Waals surface area contributed by atoms with Gasteiger partial charge in [0.1, 0.15) is 0 Å². The first kappa shape index (κ1) is 11.2. The minimum absolute atomic E-state index is 0.182. The minimum atomic E-state index is 0.182. The largest absolute Gasteiger partial charge is 0.353 e. The van der Waals surface area contributed by atoms with Crippen LogP contribution in [0.5, 0.6) is 0 Å². The van der Waals surface area contributed by atoms with E-state index in [-0.39, 0.29) is 17.9 Å². The number of rotatable bonds is 2. The van der Waals surface area contributed by atoms with Crippen LogP contribution in [0.1, 0.15) is 38.2 Å². The lowest BCUT2D eigenvalue weighted by atomic mass is 9.79. The SMILES string of the molecule is CCC1C[C@@H](c2ccccc2)[C@@H](C)NC1=O. The molecular formula is C14H19NO. The predicted octanol–water partition coefficient (Wildman–Crippen LogP) is 2.70. The number of benzene rings is 1. The van der Waals surface area contributed by atoms with Gasteiger partial charge < -0.3 is 5.32 Å². The summed E-state index contributed by atoms with van der Waals surface area (Å²) in [7, 11) is 0. The second-order valence-corrected chi connectivity index (χ2v) is 4.66. The van der Waals surface area contributed by atoms with E-state index in [1.807, 2.05) is 6.07 Å². The maximum Gasteiger partial charge on any atom is 0.223 e. The fraction of sp³-hybridized carbons (Fsp3) is 0.500. The number of hydrogen-bond donors (Lipinski definition) is 1. The van der Waals surface area contributed by atoms with Crippen LogP contribution in [-0.2, 0) is 4.79 Å². The molecule has 3 atom stereocenters. The van der Waals surface area contributed by atoms with Gasteiger partial charge in [-0.1, -0.05) is 37.3 Å². The Morgan fingerprint density at radius 2 is 2.00 bits per heavy atom. The van der Waals surface area contributed by atoms with Crippen LogP contribution in [-0.4, -0.2) is 11.9 Å². The maximum absolute atomic E-state index is 11.7. The van der Waals surface area contributed by atoms with E-state index in [0.29, 0.717) is 5.92 Å². The molecule has 0 aromatic heterocycles. The molecule has 0 aliphatic carbocycles. The fourth-order valence-electron chi connectivity index (χ4n) is 2.54. The van der Waals surface area contributed by atoms with Gasteiger partial charge >= 0.3 is 0 Å². The summed E-state index contributed by atoms with van der Waals surface area (Å²) in [6.45, 7) is 4.18. The van der Waals surface area contributed by atoms with Crippen LogP contribution in [0.15, 0.2) is 30.3 Å². The van der Waals surface area contributed by atoms with E-state index in [1.54, 1.807) is 0 Å². The average molecular weight is 217 g/mol. The quantitative estimate of drug-likeness (QED) is 0.810. The molecule has 1 amide bonds. The highest BCUT2D eigenvalue weighted by Crippen LogP contribution is 2.32. The normalized spacial score (nSPS) is 29.9. The van der Waals surface area contributed by atoms with Crippen molar-refractivity contribution >= 4 is 5.91 Å². The minimum Gasteiger partial charge on any atom is -0.353 e.